The van der Waals surface area contributed by atoms with Crippen LogP contribution in [0.25, 0.3) is 0 Å². The largest absolute Gasteiger partial charge is 0.381 e. The number of benzene rings is 1. The highest BCUT2D eigenvalue weighted by Gasteiger charge is 2.31. The molecule has 0 aliphatic carbocycles. The quantitative estimate of drug-likeness (QED) is 0.894. The van der Waals surface area contributed by atoms with Gasteiger partial charge in [-0.2, -0.15) is 0 Å². The average Bonchev–Trinajstić information content (AvgIpc) is 2.90. The van der Waals surface area contributed by atoms with Gasteiger partial charge in [0.15, 0.2) is 0 Å². The molecule has 20 heavy (non-hydrogen) atoms. The number of hydrogen-bond donors (Lipinski definition) is 1. The van der Waals surface area contributed by atoms with Crippen LogP contribution in [0.1, 0.15) is 37.7 Å². The van der Waals surface area contributed by atoms with Crippen LogP contribution in [0.15, 0.2) is 29.2 Å². The Labute approximate surface area is 126 Å². The zero-order valence-corrected chi connectivity index (χ0v) is 13.1. The maximum atomic E-state index is 5.74. The lowest BCUT2D eigenvalue weighted by Crippen LogP contribution is -2.43. The monoisotopic (exact) mass is 291 g/mol. The number of hydrogen-bond acceptors (Lipinski definition) is 3. The molecule has 3 heteroatoms. The van der Waals surface area contributed by atoms with Crippen molar-refractivity contribution >= 4 is 11.8 Å². The molecular weight excluding hydrogens is 266 g/mol. The summed E-state index contributed by atoms with van der Waals surface area (Å²) in [6.07, 6.45) is 3.66. The maximum Gasteiger partial charge on any atom is 0.0509 e. The van der Waals surface area contributed by atoms with Crippen molar-refractivity contribution in [2.75, 3.05) is 25.5 Å². The topological polar surface area (TPSA) is 21.3 Å². The standard InChI is InChI=1S/C17H25NOS/c1-2-8-18-16-7-9-19-11-13(16)10-14-12-20-17-6-4-3-5-15(14)17/h3-6,13-14,16,18H,2,7-12H2,1H3. The molecule has 1 saturated heterocycles. The predicted octanol–water partition coefficient (Wildman–Crippen LogP) is 3.67. The number of rotatable bonds is 5. The highest BCUT2D eigenvalue weighted by atomic mass is 32.2. The maximum absolute atomic E-state index is 5.74. The van der Waals surface area contributed by atoms with Crippen molar-refractivity contribution in [2.24, 2.45) is 5.92 Å². The van der Waals surface area contributed by atoms with Crippen molar-refractivity contribution in [3.8, 4) is 0 Å². The molecule has 1 N–H and O–H groups in total. The predicted molar refractivity (Wildman–Crippen MR) is 85.5 cm³/mol. The van der Waals surface area contributed by atoms with Crippen LogP contribution in [0.3, 0.4) is 0 Å². The fourth-order valence-corrected chi connectivity index (χ4v) is 4.69. The van der Waals surface area contributed by atoms with Gasteiger partial charge in [0.25, 0.3) is 0 Å². The summed E-state index contributed by atoms with van der Waals surface area (Å²) in [7, 11) is 0. The normalized spacial score (nSPS) is 29.4. The molecule has 0 spiro atoms. The highest BCUT2D eigenvalue weighted by molar-refractivity contribution is 7.99. The molecule has 2 nitrogen and oxygen atoms in total. The summed E-state index contributed by atoms with van der Waals surface area (Å²) in [5, 5.41) is 3.73. The molecule has 0 aromatic heterocycles. The molecular formula is C17H25NOS. The van der Waals surface area contributed by atoms with E-state index in [4.69, 9.17) is 4.74 Å². The van der Waals surface area contributed by atoms with Gasteiger partial charge in [0.2, 0.25) is 0 Å². The Hall–Kier alpha value is -0.510. The van der Waals surface area contributed by atoms with Crippen LogP contribution in [-0.4, -0.2) is 31.6 Å². The van der Waals surface area contributed by atoms with Crippen molar-refractivity contribution in [2.45, 2.75) is 43.0 Å². The summed E-state index contributed by atoms with van der Waals surface area (Å²) in [6.45, 7) is 5.24. The van der Waals surface area contributed by atoms with E-state index in [-0.39, 0.29) is 0 Å². The van der Waals surface area contributed by atoms with Gasteiger partial charge < -0.3 is 10.1 Å². The van der Waals surface area contributed by atoms with Crippen molar-refractivity contribution in [3.63, 3.8) is 0 Å². The summed E-state index contributed by atoms with van der Waals surface area (Å²) in [6, 6.07) is 9.58. The van der Waals surface area contributed by atoms with Gasteiger partial charge in [-0.1, -0.05) is 25.1 Å². The number of thioether (sulfide) groups is 1. The second-order valence-electron chi connectivity index (χ2n) is 5.97. The van der Waals surface area contributed by atoms with E-state index in [1.165, 1.54) is 29.9 Å². The van der Waals surface area contributed by atoms with Crippen LogP contribution in [0.4, 0.5) is 0 Å². The second-order valence-corrected chi connectivity index (χ2v) is 7.03. The Kier molecular flexibility index (Phi) is 5.03. The Balaban J connectivity index is 1.64. The summed E-state index contributed by atoms with van der Waals surface area (Å²) >= 11 is 2.02. The molecule has 0 saturated carbocycles. The van der Waals surface area contributed by atoms with Crippen molar-refractivity contribution in [1.29, 1.82) is 0 Å². The van der Waals surface area contributed by atoms with E-state index in [0.717, 1.165) is 19.8 Å². The molecule has 1 aromatic carbocycles. The molecule has 2 heterocycles. The molecule has 110 valence electrons. The van der Waals surface area contributed by atoms with E-state index in [9.17, 15) is 0 Å². The molecule has 0 radical (unpaired) electrons. The van der Waals surface area contributed by atoms with E-state index in [2.05, 4.69) is 36.5 Å². The van der Waals surface area contributed by atoms with Crippen molar-refractivity contribution in [1.82, 2.24) is 5.32 Å². The van der Waals surface area contributed by atoms with Gasteiger partial charge >= 0.3 is 0 Å². The lowest BCUT2D eigenvalue weighted by Gasteiger charge is -2.34. The van der Waals surface area contributed by atoms with Gasteiger partial charge in [0.05, 0.1) is 6.61 Å². The van der Waals surface area contributed by atoms with E-state index in [0.29, 0.717) is 17.9 Å². The van der Waals surface area contributed by atoms with Gasteiger partial charge in [0, 0.05) is 23.3 Å². The zero-order valence-electron chi connectivity index (χ0n) is 12.3. The smallest absolute Gasteiger partial charge is 0.0509 e. The van der Waals surface area contributed by atoms with Crippen LogP contribution in [0, 0.1) is 5.92 Å². The Morgan fingerprint density at radius 3 is 3.15 bits per heavy atom. The Bertz CT molecular complexity index is 437. The number of nitrogens with one attached hydrogen (secondary N) is 1. The first-order valence-electron chi connectivity index (χ1n) is 7.91. The molecule has 3 atom stereocenters. The van der Waals surface area contributed by atoms with Crippen LogP contribution in [0.2, 0.25) is 0 Å². The first-order valence-corrected chi connectivity index (χ1v) is 8.90. The third kappa shape index (κ3) is 3.21. The SMILES string of the molecule is CCCNC1CCOCC1CC1CSc2ccccc21. The van der Waals surface area contributed by atoms with Gasteiger partial charge in [0.1, 0.15) is 0 Å². The van der Waals surface area contributed by atoms with Crippen LogP contribution >= 0.6 is 11.8 Å². The van der Waals surface area contributed by atoms with Crippen LogP contribution < -0.4 is 5.32 Å². The summed E-state index contributed by atoms with van der Waals surface area (Å²) in [5.74, 6) is 2.64. The minimum atomic E-state index is 0.654. The highest BCUT2D eigenvalue weighted by Crippen LogP contribution is 2.43. The van der Waals surface area contributed by atoms with Gasteiger partial charge in [-0.05, 0) is 49.3 Å². The molecule has 2 aliphatic rings. The number of fused-ring (bicyclic) bond motifs is 1. The third-order valence-corrected chi connectivity index (χ3v) is 5.77. The summed E-state index contributed by atoms with van der Waals surface area (Å²) < 4.78 is 5.74. The molecule has 3 unspecified atom stereocenters. The van der Waals surface area contributed by atoms with Crippen LogP contribution in [-0.2, 0) is 4.74 Å². The second kappa shape index (κ2) is 6.97. The summed E-state index contributed by atoms with van der Waals surface area (Å²) in [5.41, 5.74) is 1.57. The molecule has 3 rings (SSSR count). The lowest BCUT2D eigenvalue weighted by atomic mass is 9.84. The number of ether oxygens (including phenoxy) is 1. The Morgan fingerprint density at radius 1 is 1.35 bits per heavy atom. The summed E-state index contributed by atoms with van der Waals surface area (Å²) in [4.78, 5) is 1.49. The van der Waals surface area contributed by atoms with Gasteiger partial charge in [-0.3, -0.25) is 0 Å². The van der Waals surface area contributed by atoms with Crippen molar-refractivity contribution in [3.05, 3.63) is 29.8 Å². The molecule has 1 fully saturated rings. The van der Waals surface area contributed by atoms with Gasteiger partial charge in [-0.25, -0.2) is 0 Å². The van der Waals surface area contributed by atoms with Crippen LogP contribution in [0.5, 0.6) is 0 Å². The lowest BCUT2D eigenvalue weighted by molar-refractivity contribution is 0.0268. The molecule has 0 bridgehead atoms. The van der Waals surface area contributed by atoms with E-state index in [1.54, 1.807) is 5.56 Å². The van der Waals surface area contributed by atoms with Crippen molar-refractivity contribution < 1.29 is 4.74 Å². The third-order valence-electron chi connectivity index (χ3n) is 4.52. The minimum Gasteiger partial charge on any atom is -0.381 e. The fraction of sp³-hybridized carbons (Fsp3) is 0.647. The average molecular weight is 291 g/mol. The fourth-order valence-electron chi connectivity index (χ4n) is 3.42. The Morgan fingerprint density at radius 2 is 2.25 bits per heavy atom. The van der Waals surface area contributed by atoms with E-state index >= 15 is 0 Å². The van der Waals surface area contributed by atoms with Gasteiger partial charge in [-0.15, -0.1) is 11.8 Å². The van der Waals surface area contributed by atoms with E-state index < -0.39 is 0 Å². The molecule has 1 aromatic rings. The first kappa shape index (κ1) is 14.4. The molecule has 2 aliphatic heterocycles. The van der Waals surface area contributed by atoms with E-state index in [1.807, 2.05) is 11.8 Å². The first-order chi connectivity index (χ1) is 9.88. The molecule has 0 amide bonds. The zero-order chi connectivity index (χ0) is 13.8. The minimum absolute atomic E-state index is 0.654.